The lowest BCUT2D eigenvalue weighted by atomic mass is 10.0. The van der Waals surface area contributed by atoms with Crippen LogP contribution < -0.4 is 5.73 Å². The minimum atomic E-state index is -0.145. The predicted octanol–water partition coefficient (Wildman–Crippen LogP) is 2.53. The van der Waals surface area contributed by atoms with Gasteiger partial charge in [-0.25, -0.2) is 4.98 Å². The van der Waals surface area contributed by atoms with Gasteiger partial charge in [0.2, 0.25) is 0 Å². The lowest BCUT2D eigenvalue weighted by Gasteiger charge is -2.20. The summed E-state index contributed by atoms with van der Waals surface area (Å²) in [7, 11) is 1.72. The van der Waals surface area contributed by atoms with E-state index in [4.69, 9.17) is 10.5 Å². The minimum absolute atomic E-state index is 0.145. The fourth-order valence-corrected chi connectivity index (χ4v) is 2.18. The van der Waals surface area contributed by atoms with Crippen LogP contribution in [0.1, 0.15) is 36.7 Å². The summed E-state index contributed by atoms with van der Waals surface area (Å²) in [6.45, 7) is 2.89. The van der Waals surface area contributed by atoms with Crippen LogP contribution >= 0.6 is 0 Å². The molecule has 0 aliphatic carbocycles. The predicted molar refractivity (Wildman–Crippen MR) is 75.9 cm³/mol. The zero-order chi connectivity index (χ0) is 13.7. The maximum atomic E-state index is 6.34. The monoisotopic (exact) mass is 259 g/mol. The van der Waals surface area contributed by atoms with Crippen LogP contribution in [-0.2, 0) is 4.74 Å². The molecule has 1 aromatic heterocycles. The van der Waals surface area contributed by atoms with Crippen molar-refractivity contribution >= 4 is 0 Å². The highest BCUT2D eigenvalue weighted by molar-refractivity contribution is 5.26. The van der Waals surface area contributed by atoms with E-state index in [1.165, 1.54) is 0 Å². The second kappa shape index (κ2) is 6.50. The summed E-state index contributed by atoms with van der Waals surface area (Å²) in [4.78, 5) is 4.24. The Morgan fingerprint density at radius 1 is 1.32 bits per heavy atom. The van der Waals surface area contributed by atoms with E-state index in [0.717, 1.165) is 24.3 Å². The largest absolute Gasteiger partial charge is 0.385 e. The number of hydrogen-bond donors (Lipinski definition) is 1. The number of aromatic nitrogens is 2. The van der Waals surface area contributed by atoms with E-state index in [-0.39, 0.29) is 6.04 Å². The molecule has 2 rings (SSSR count). The first-order valence-electron chi connectivity index (χ1n) is 6.55. The second-order valence-electron chi connectivity index (χ2n) is 4.74. The van der Waals surface area contributed by atoms with Gasteiger partial charge in [0.15, 0.2) is 0 Å². The van der Waals surface area contributed by atoms with Gasteiger partial charge in [0, 0.05) is 19.8 Å². The Kier molecular flexibility index (Phi) is 4.71. The van der Waals surface area contributed by atoms with Gasteiger partial charge in [-0.3, -0.25) is 0 Å². The maximum Gasteiger partial charge on any atom is 0.0951 e. The van der Waals surface area contributed by atoms with E-state index in [1.54, 1.807) is 7.11 Å². The average molecular weight is 259 g/mol. The molecule has 1 aromatic carbocycles. The first-order valence-corrected chi connectivity index (χ1v) is 6.55. The number of rotatable bonds is 6. The Balaban J connectivity index is 2.19. The lowest BCUT2D eigenvalue weighted by Crippen LogP contribution is -2.19. The highest BCUT2D eigenvalue weighted by Crippen LogP contribution is 2.23. The van der Waals surface area contributed by atoms with Crippen molar-refractivity contribution in [2.24, 2.45) is 5.73 Å². The molecule has 0 radical (unpaired) electrons. The van der Waals surface area contributed by atoms with Crippen LogP contribution in [0.25, 0.3) is 0 Å². The first-order chi connectivity index (χ1) is 9.24. The molecule has 0 saturated carbocycles. The fraction of sp³-hybridized carbons (Fsp3) is 0.400. The SMILES string of the molecule is COCCC(C)n1cncc1C(N)c1ccccc1. The molecule has 1 heterocycles. The molecule has 2 atom stereocenters. The molecule has 0 spiro atoms. The zero-order valence-electron chi connectivity index (χ0n) is 11.5. The van der Waals surface area contributed by atoms with E-state index >= 15 is 0 Å². The second-order valence-corrected chi connectivity index (χ2v) is 4.74. The van der Waals surface area contributed by atoms with Crippen LogP contribution in [-0.4, -0.2) is 23.3 Å². The van der Waals surface area contributed by atoms with Crippen LogP contribution in [0.4, 0.5) is 0 Å². The molecule has 0 saturated heterocycles. The third kappa shape index (κ3) is 3.22. The van der Waals surface area contributed by atoms with Crippen LogP contribution in [0.5, 0.6) is 0 Å². The van der Waals surface area contributed by atoms with Gasteiger partial charge < -0.3 is 15.0 Å². The Morgan fingerprint density at radius 2 is 2.05 bits per heavy atom. The number of nitrogens with two attached hydrogens (primary N) is 1. The molecule has 2 N–H and O–H groups in total. The summed E-state index contributed by atoms with van der Waals surface area (Å²) in [6, 6.07) is 10.3. The summed E-state index contributed by atoms with van der Waals surface area (Å²) >= 11 is 0. The molecule has 0 fully saturated rings. The van der Waals surface area contributed by atoms with E-state index in [1.807, 2.05) is 42.9 Å². The van der Waals surface area contributed by atoms with Crippen LogP contribution in [0, 0.1) is 0 Å². The number of nitrogens with zero attached hydrogens (tertiary/aromatic N) is 2. The Morgan fingerprint density at radius 3 is 2.74 bits per heavy atom. The van der Waals surface area contributed by atoms with Crippen molar-refractivity contribution in [2.45, 2.75) is 25.4 Å². The molecule has 0 aliphatic rings. The minimum Gasteiger partial charge on any atom is -0.385 e. The van der Waals surface area contributed by atoms with Crippen molar-refractivity contribution in [3.8, 4) is 0 Å². The molecule has 0 bridgehead atoms. The smallest absolute Gasteiger partial charge is 0.0951 e. The van der Waals surface area contributed by atoms with Crippen LogP contribution in [0.2, 0.25) is 0 Å². The van der Waals surface area contributed by atoms with Crippen molar-refractivity contribution in [3.63, 3.8) is 0 Å². The summed E-state index contributed by atoms with van der Waals surface area (Å²) in [6.07, 6.45) is 4.64. The molecule has 102 valence electrons. The van der Waals surface area contributed by atoms with Crippen molar-refractivity contribution in [3.05, 3.63) is 54.1 Å². The summed E-state index contributed by atoms with van der Waals surface area (Å²) in [5.41, 5.74) is 8.47. The fourth-order valence-electron chi connectivity index (χ4n) is 2.18. The standard InChI is InChI=1S/C15H21N3O/c1-12(8-9-19-2)18-11-17-10-14(18)15(16)13-6-4-3-5-7-13/h3-7,10-12,15H,8-9,16H2,1-2H3. The van der Waals surface area contributed by atoms with Gasteiger partial charge in [-0.1, -0.05) is 30.3 Å². The van der Waals surface area contributed by atoms with Gasteiger partial charge in [0.05, 0.1) is 24.3 Å². The Hall–Kier alpha value is -1.65. The van der Waals surface area contributed by atoms with Crippen molar-refractivity contribution in [1.82, 2.24) is 9.55 Å². The summed E-state index contributed by atoms with van der Waals surface area (Å²) < 4.78 is 7.27. The van der Waals surface area contributed by atoms with E-state index in [0.29, 0.717) is 6.04 Å². The molecule has 2 aromatic rings. The number of ether oxygens (including phenoxy) is 1. The van der Waals surface area contributed by atoms with Crippen molar-refractivity contribution in [1.29, 1.82) is 0 Å². The molecule has 2 unspecified atom stereocenters. The van der Waals surface area contributed by atoms with Crippen molar-refractivity contribution < 1.29 is 4.74 Å². The average Bonchev–Trinajstić information content (AvgIpc) is 2.94. The molecule has 19 heavy (non-hydrogen) atoms. The first kappa shape index (κ1) is 13.8. The molecule has 0 amide bonds. The van der Waals surface area contributed by atoms with Gasteiger partial charge in [0.1, 0.15) is 0 Å². The van der Waals surface area contributed by atoms with E-state index < -0.39 is 0 Å². The van der Waals surface area contributed by atoms with Gasteiger partial charge in [-0.05, 0) is 18.9 Å². The number of hydrogen-bond acceptors (Lipinski definition) is 3. The maximum absolute atomic E-state index is 6.34. The highest BCUT2D eigenvalue weighted by Gasteiger charge is 2.16. The van der Waals surface area contributed by atoms with Gasteiger partial charge >= 0.3 is 0 Å². The number of imidazole rings is 1. The van der Waals surface area contributed by atoms with Crippen LogP contribution in [0.3, 0.4) is 0 Å². The molecule has 0 aliphatic heterocycles. The van der Waals surface area contributed by atoms with Crippen molar-refractivity contribution in [2.75, 3.05) is 13.7 Å². The highest BCUT2D eigenvalue weighted by atomic mass is 16.5. The lowest BCUT2D eigenvalue weighted by molar-refractivity contribution is 0.180. The molecular formula is C15H21N3O. The van der Waals surface area contributed by atoms with E-state index in [2.05, 4.69) is 16.5 Å². The van der Waals surface area contributed by atoms with Gasteiger partial charge in [-0.2, -0.15) is 0 Å². The third-order valence-corrected chi connectivity index (χ3v) is 3.39. The Labute approximate surface area is 114 Å². The topological polar surface area (TPSA) is 53.1 Å². The quantitative estimate of drug-likeness (QED) is 0.867. The summed E-state index contributed by atoms with van der Waals surface area (Å²) in [5, 5.41) is 0. The van der Waals surface area contributed by atoms with Crippen LogP contribution in [0.15, 0.2) is 42.9 Å². The third-order valence-electron chi connectivity index (χ3n) is 3.39. The molecule has 4 nitrogen and oxygen atoms in total. The Bertz CT molecular complexity index is 495. The number of methoxy groups -OCH3 is 1. The molecular weight excluding hydrogens is 238 g/mol. The van der Waals surface area contributed by atoms with Gasteiger partial charge in [-0.15, -0.1) is 0 Å². The zero-order valence-corrected chi connectivity index (χ0v) is 11.5. The van der Waals surface area contributed by atoms with Gasteiger partial charge in [0.25, 0.3) is 0 Å². The molecule has 4 heteroatoms. The normalized spacial score (nSPS) is 14.3. The van der Waals surface area contributed by atoms with E-state index in [9.17, 15) is 0 Å². The number of benzene rings is 1. The summed E-state index contributed by atoms with van der Waals surface area (Å²) in [5.74, 6) is 0.